The lowest BCUT2D eigenvalue weighted by molar-refractivity contribution is 0.0911. The van der Waals surface area contributed by atoms with Crippen LogP contribution in [0.2, 0.25) is 0 Å². The predicted octanol–water partition coefficient (Wildman–Crippen LogP) is 1.79. The van der Waals surface area contributed by atoms with Gasteiger partial charge in [0.15, 0.2) is 0 Å². The number of ether oxygens (including phenoxy) is 1. The molecule has 94 valence electrons. The summed E-state index contributed by atoms with van der Waals surface area (Å²) in [7, 11) is 0. The lowest BCUT2D eigenvalue weighted by Gasteiger charge is -2.14. The standard InChI is InChI=1S/C12H18N2O2S/c1-7-9(3-4-16-7)6-14-12(15)11-5-10(13)8(2)17-11/h5,7,9H,3-4,6,13H2,1-2H3,(H,14,15). The van der Waals surface area contributed by atoms with Crippen molar-refractivity contribution in [3.8, 4) is 0 Å². The number of amides is 1. The fourth-order valence-corrected chi connectivity index (χ4v) is 2.82. The van der Waals surface area contributed by atoms with Gasteiger partial charge in [0.25, 0.3) is 5.91 Å². The van der Waals surface area contributed by atoms with Gasteiger partial charge in [0.05, 0.1) is 11.0 Å². The number of carbonyl (C=O) groups is 1. The van der Waals surface area contributed by atoms with Crippen LogP contribution in [0.5, 0.6) is 0 Å². The normalized spacial score (nSPS) is 23.9. The quantitative estimate of drug-likeness (QED) is 0.864. The van der Waals surface area contributed by atoms with Gasteiger partial charge >= 0.3 is 0 Å². The summed E-state index contributed by atoms with van der Waals surface area (Å²) in [5, 5.41) is 2.95. The molecule has 1 amide bonds. The third-order valence-corrected chi connectivity index (χ3v) is 4.30. The van der Waals surface area contributed by atoms with E-state index >= 15 is 0 Å². The van der Waals surface area contributed by atoms with E-state index < -0.39 is 0 Å². The first-order valence-electron chi connectivity index (χ1n) is 5.83. The zero-order valence-corrected chi connectivity index (χ0v) is 11.0. The van der Waals surface area contributed by atoms with Gasteiger partial charge < -0.3 is 15.8 Å². The van der Waals surface area contributed by atoms with Crippen molar-refractivity contribution in [2.75, 3.05) is 18.9 Å². The van der Waals surface area contributed by atoms with Crippen LogP contribution in [0.1, 0.15) is 27.9 Å². The first-order valence-corrected chi connectivity index (χ1v) is 6.65. The molecule has 1 aromatic heterocycles. The minimum Gasteiger partial charge on any atom is -0.398 e. The number of carbonyl (C=O) groups excluding carboxylic acids is 1. The van der Waals surface area contributed by atoms with Crippen LogP contribution >= 0.6 is 11.3 Å². The third kappa shape index (κ3) is 2.79. The molecule has 0 aromatic carbocycles. The van der Waals surface area contributed by atoms with E-state index in [-0.39, 0.29) is 12.0 Å². The van der Waals surface area contributed by atoms with E-state index in [1.54, 1.807) is 6.07 Å². The fourth-order valence-electron chi connectivity index (χ4n) is 1.96. The maximum absolute atomic E-state index is 11.9. The molecule has 0 spiro atoms. The van der Waals surface area contributed by atoms with Gasteiger partial charge in [-0.15, -0.1) is 11.3 Å². The van der Waals surface area contributed by atoms with Crippen LogP contribution in [-0.2, 0) is 4.74 Å². The number of hydrogen-bond acceptors (Lipinski definition) is 4. The van der Waals surface area contributed by atoms with E-state index in [2.05, 4.69) is 12.2 Å². The van der Waals surface area contributed by atoms with E-state index in [0.29, 0.717) is 23.0 Å². The van der Waals surface area contributed by atoms with Gasteiger partial charge in [0.2, 0.25) is 0 Å². The molecule has 0 saturated carbocycles. The van der Waals surface area contributed by atoms with E-state index in [4.69, 9.17) is 10.5 Å². The Labute approximate surface area is 105 Å². The Hall–Kier alpha value is -1.07. The Bertz CT molecular complexity index is 397. The molecule has 1 aromatic rings. The average molecular weight is 254 g/mol. The van der Waals surface area contributed by atoms with Gasteiger partial charge in [-0.25, -0.2) is 0 Å². The molecule has 5 heteroatoms. The maximum Gasteiger partial charge on any atom is 0.261 e. The highest BCUT2D eigenvalue weighted by Gasteiger charge is 2.24. The van der Waals surface area contributed by atoms with Crippen molar-refractivity contribution in [2.45, 2.75) is 26.4 Å². The highest BCUT2D eigenvalue weighted by atomic mass is 32.1. The van der Waals surface area contributed by atoms with Gasteiger partial charge in [-0.1, -0.05) is 0 Å². The van der Waals surface area contributed by atoms with Crippen molar-refractivity contribution in [1.29, 1.82) is 0 Å². The zero-order chi connectivity index (χ0) is 12.4. The van der Waals surface area contributed by atoms with Gasteiger partial charge in [-0.3, -0.25) is 4.79 Å². The van der Waals surface area contributed by atoms with Gasteiger partial charge in [0.1, 0.15) is 0 Å². The van der Waals surface area contributed by atoms with Crippen LogP contribution in [0, 0.1) is 12.8 Å². The zero-order valence-electron chi connectivity index (χ0n) is 10.2. The molecule has 0 bridgehead atoms. The molecule has 17 heavy (non-hydrogen) atoms. The van der Waals surface area contributed by atoms with Gasteiger partial charge in [-0.05, 0) is 26.3 Å². The summed E-state index contributed by atoms with van der Waals surface area (Å²) in [5.41, 5.74) is 6.42. The van der Waals surface area contributed by atoms with Crippen molar-refractivity contribution >= 4 is 22.9 Å². The van der Waals surface area contributed by atoms with Crippen LogP contribution < -0.4 is 11.1 Å². The molecule has 2 unspecified atom stereocenters. The molecule has 1 aliphatic heterocycles. The number of nitrogens with one attached hydrogen (secondary N) is 1. The van der Waals surface area contributed by atoms with Crippen LogP contribution in [0.15, 0.2) is 6.07 Å². The Balaban J connectivity index is 1.89. The molecule has 1 aliphatic rings. The van der Waals surface area contributed by atoms with Crippen molar-refractivity contribution in [3.05, 3.63) is 15.8 Å². The van der Waals surface area contributed by atoms with Crippen LogP contribution in [-0.4, -0.2) is 25.2 Å². The molecular formula is C12H18N2O2S. The summed E-state index contributed by atoms with van der Waals surface area (Å²) in [6.45, 7) is 5.45. The monoisotopic (exact) mass is 254 g/mol. The fraction of sp³-hybridized carbons (Fsp3) is 0.583. The Morgan fingerprint density at radius 3 is 3.00 bits per heavy atom. The summed E-state index contributed by atoms with van der Waals surface area (Å²) < 4.78 is 5.46. The smallest absolute Gasteiger partial charge is 0.261 e. The van der Waals surface area contributed by atoms with Crippen molar-refractivity contribution in [1.82, 2.24) is 5.32 Å². The lowest BCUT2D eigenvalue weighted by atomic mass is 10.0. The minimum absolute atomic E-state index is 0.0334. The van der Waals surface area contributed by atoms with Crippen LogP contribution in [0.3, 0.4) is 0 Å². The molecule has 0 radical (unpaired) electrons. The Kier molecular flexibility index (Phi) is 3.69. The summed E-state index contributed by atoms with van der Waals surface area (Å²) >= 11 is 1.44. The third-order valence-electron chi connectivity index (χ3n) is 3.24. The summed E-state index contributed by atoms with van der Waals surface area (Å²) in [6, 6.07) is 1.74. The molecule has 3 N–H and O–H groups in total. The first kappa shape index (κ1) is 12.4. The number of anilines is 1. The van der Waals surface area contributed by atoms with Crippen molar-refractivity contribution in [3.63, 3.8) is 0 Å². The van der Waals surface area contributed by atoms with Gasteiger partial charge in [-0.2, -0.15) is 0 Å². The molecule has 4 nitrogen and oxygen atoms in total. The van der Waals surface area contributed by atoms with E-state index in [1.807, 2.05) is 6.92 Å². The second-order valence-corrected chi connectivity index (χ2v) is 5.71. The Morgan fingerprint density at radius 1 is 1.71 bits per heavy atom. The topological polar surface area (TPSA) is 64.3 Å². The summed E-state index contributed by atoms with van der Waals surface area (Å²) in [5.74, 6) is 0.395. The van der Waals surface area contributed by atoms with Crippen molar-refractivity contribution < 1.29 is 9.53 Å². The highest BCUT2D eigenvalue weighted by Crippen LogP contribution is 2.24. The lowest BCUT2D eigenvalue weighted by Crippen LogP contribution is -2.31. The number of aryl methyl sites for hydroxylation is 1. The average Bonchev–Trinajstić information content (AvgIpc) is 2.83. The molecule has 2 rings (SSSR count). The number of thiophene rings is 1. The van der Waals surface area contributed by atoms with E-state index in [1.165, 1.54) is 11.3 Å². The van der Waals surface area contributed by atoms with E-state index in [0.717, 1.165) is 17.9 Å². The Morgan fingerprint density at radius 2 is 2.47 bits per heavy atom. The van der Waals surface area contributed by atoms with Crippen LogP contribution in [0.4, 0.5) is 5.69 Å². The summed E-state index contributed by atoms with van der Waals surface area (Å²) in [6.07, 6.45) is 1.26. The SMILES string of the molecule is Cc1sc(C(=O)NCC2CCOC2C)cc1N. The number of rotatable bonds is 3. The minimum atomic E-state index is -0.0334. The molecule has 0 aliphatic carbocycles. The molecule has 2 heterocycles. The number of hydrogen-bond donors (Lipinski definition) is 2. The van der Waals surface area contributed by atoms with E-state index in [9.17, 15) is 4.79 Å². The van der Waals surface area contributed by atoms with Crippen LogP contribution in [0.25, 0.3) is 0 Å². The maximum atomic E-state index is 11.9. The first-order chi connectivity index (χ1) is 8.08. The highest BCUT2D eigenvalue weighted by molar-refractivity contribution is 7.14. The second kappa shape index (κ2) is 5.06. The molecular weight excluding hydrogens is 236 g/mol. The number of nitrogens with two attached hydrogens (primary N) is 1. The second-order valence-electron chi connectivity index (χ2n) is 4.46. The predicted molar refractivity (Wildman–Crippen MR) is 69.3 cm³/mol. The van der Waals surface area contributed by atoms with Gasteiger partial charge in [0, 0.05) is 29.6 Å². The summed E-state index contributed by atoms with van der Waals surface area (Å²) in [4.78, 5) is 13.6. The molecule has 1 fully saturated rings. The molecule has 1 saturated heterocycles. The molecule has 2 atom stereocenters. The largest absolute Gasteiger partial charge is 0.398 e. The number of nitrogen functional groups attached to an aromatic ring is 1. The van der Waals surface area contributed by atoms with Crippen molar-refractivity contribution in [2.24, 2.45) is 5.92 Å².